The molecule has 0 aliphatic heterocycles. The molecule has 3 aromatic rings. The summed E-state index contributed by atoms with van der Waals surface area (Å²) in [6.45, 7) is 1.65. The molecule has 0 spiro atoms. The molecule has 0 aliphatic carbocycles. The number of nitrogens with one attached hydrogen (secondary N) is 1. The summed E-state index contributed by atoms with van der Waals surface area (Å²) in [5, 5.41) is 7.03. The normalized spacial score (nSPS) is 10.8. The second-order valence-corrected chi connectivity index (χ2v) is 4.64. The van der Waals surface area contributed by atoms with Crippen LogP contribution in [-0.2, 0) is 13.1 Å². The highest BCUT2D eigenvalue weighted by molar-refractivity contribution is 7.71. The van der Waals surface area contributed by atoms with Gasteiger partial charge in [-0.05, 0) is 18.6 Å². The first-order valence-electron chi connectivity index (χ1n) is 6.22. The number of aromatic nitrogens is 7. The van der Waals surface area contributed by atoms with Gasteiger partial charge in [0.1, 0.15) is 5.69 Å². The van der Waals surface area contributed by atoms with E-state index in [1.807, 2.05) is 15.3 Å². The van der Waals surface area contributed by atoms with Crippen LogP contribution in [0.25, 0.3) is 11.5 Å². The van der Waals surface area contributed by atoms with Crippen LogP contribution in [0.15, 0.2) is 37.3 Å². The Morgan fingerprint density at radius 1 is 1.15 bits per heavy atom. The lowest BCUT2D eigenvalue weighted by Gasteiger charge is -2.06. The highest BCUT2D eigenvalue weighted by Crippen LogP contribution is 2.13. The van der Waals surface area contributed by atoms with E-state index in [-0.39, 0.29) is 0 Å². The molecule has 8 heteroatoms. The molecular formula is C12H13N7S. The lowest BCUT2D eigenvalue weighted by atomic mass is 10.3. The van der Waals surface area contributed by atoms with Crippen molar-refractivity contribution in [2.24, 2.45) is 0 Å². The molecule has 3 rings (SSSR count). The predicted molar refractivity (Wildman–Crippen MR) is 75.3 cm³/mol. The number of aromatic amines is 1. The minimum Gasteiger partial charge on any atom is -0.337 e. The van der Waals surface area contributed by atoms with Crippen molar-refractivity contribution in [3.8, 4) is 11.5 Å². The number of nitrogens with zero attached hydrogens (tertiary/aromatic N) is 6. The number of hydrogen-bond acceptors (Lipinski definition) is 5. The van der Waals surface area contributed by atoms with Crippen molar-refractivity contribution in [1.82, 2.24) is 34.3 Å². The van der Waals surface area contributed by atoms with Crippen LogP contribution in [0.2, 0.25) is 0 Å². The highest BCUT2D eigenvalue weighted by atomic mass is 32.1. The molecule has 0 fully saturated rings. The summed E-state index contributed by atoms with van der Waals surface area (Å²) in [6, 6.07) is 0. The molecule has 0 unspecified atom stereocenters. The van der Waals surface area contributed by atoms with E-state index in [1.165, 1.54) is 0 Å². The highest BCUT2D eigenvalue weighted by Gasteiger charge is 2.09. The maximum absolute atomic E-state index is 5.26. The molecule has 102 valence electrons. The van der Waals surface area contributed by atoms with Crippen LogP contribution in [-0.4, -0.2) is 34.3 Å². The summed E-state index contributed by atoms with van der Waals surface area (Å²) >= 11 is 5.26. The number of aryl methyl sites for hydroxylation is 1. The quantitative estimate of drug-likeness (QED) is 0.722. The number of rotatable bonds is 5. The third kappa shape index (κ3) is 2.64. The van der Waals surface area contributed by atoms with E-state index in [1.54, 1.807) is 31.1 Å². The molecule has 3 aromatic heterocycles. The van der Waals surface area contributed by atoms with Crippen LogP contribution in [0.1, 0.15) is 6.42 Å². The Bertz CT molecular complexity index is 714. The minimum absolute atomic E-state index is 0.594. The summed E-state index contributed by atoms with van der Waals surface area (Å²) in [4.78, 5) is 12.3. The fourth-order valence-electron chi connectivity index (χ4n) is 1.97. The van der Waals surface area contributed by atoms with Crippen molar-refractivity contribution < 1.29 is 0 Å². The van der Waals surface area contributed by atoms with Gasteiger partial charge in [-0.15, -0.1) is 0 Å². The Morgan fingerprint density at radius 3 is 2.85 bits per heavy atom. The largest absolute Gasteiger partial charge is 0.337 e. The van der Waals surface area contributed by atoms with Crippen molar-refractivity contribution in [2.75, 3.05) is 0 Å². The SMILES string of the molecule is S=c1[nH]nc(-c2cnccn2)n1CCCn1ccnc1. The van der Waals surface area contributed by atoms with Gasteiger partial charge < -0.3 is 4.57 Å². The number of H-pyrrole nitrogens is 1. The molecule has 0 aromatic carbocycles. The van der Waals surface area contributed by atoms with Crippen molar-refractivity contribution in [3.05, 3.63) is 42.1 Å². The lowest BCUT2D eigenvalue weighted by molar-refractivity contribution is 0.561. The van der Waals surface area contributed by atoms with E-state index in [0.29, 0.717) is 16.3 Å². The molecule has 0 atom stereocenters. The molecule has 0 amide bonds. The Morgan fingerprint density at radius 2 is 2.10 bits per heavy atom. The van der Waals surface area contributed by atoms with Gasteiger partial charge in [0.25, 0.3) is 0 Å². The smallest absolute Gasteiger partial charge is 0.195 e. The van der Waals surface area contributed by atoms with Crippen molar-refractivity contribution in [2.45, 2.75) is 19.5 Å². The minimum atomic E-state index is 0.594. The zero-order valence-electron chi connectivity index (χ0n) is 10.7. The van der Waals surface area contributed by atoms with Gasteiger partial charge >= 0.3 is 0 Å². The Balaban J connectivity index is 1.76. The summed E-state index contributed by atoms with van der Waals surface area (Å²) in [5.41, 5.74) is 0.711. The summed E-state index contributed by atoms with van der Waals surface area (Å²) in [5.74, 6) is 0.716. The van der Waals surface area contributed by atoms with Crippen molar-refractivity contribution in [3.63, 3.8) is 0 Å². The molecule has 1 N–H and O–H groups in total. The monoisotopic (exact) mass is 287 g/mol. The Hall–Kier alpha value is -2.35. The Labute approximate surface area is 120 Å². The van der Waals surface area contributed by atoms with Gasteiger partial charge in [0.05, 0.1) is 12.5 Å². The van der Waals surface area contributed by atoms with Gasteiger partial charge in [-0.3, -0.25) is 14.6 Å². The average Bonchev–Trinajstić information content (AvgIpc) is 3.11. The molecule has 0 bridgehead atoms. The molecule has 7 nitrogen and oxygen atoms in total. The molecule has 0 aliphatic rings. The van der Waals surface area contributed by atoms with Crippen LogP contribution in [0, 0.1) is 4.77 Å². The topological polar surface area (TPSA) is 77.2 Å². The van der Waals surface area contributed by atoms with Gasteiger partial charge in [0.2, 0.25) is 0 Å². The summed E-state index contributed by atoms with van der Waals surface area (Å²) in [7, 11) is 0. The fourth-order valence-corrected chi connectivity index (χ4v) is 2.19. The first-order valence-corrected chi connectivity index (χ1v) is 6.63. The van der Waals surface area contributed by atoms with Gasteiger partial charge in [-0.25, -0.2) is 9.97 Å². The first kappa shape index (κ1) is 12.7. The lowest BCUT2D eigenvalue weighted by Crippen LogP contribution is -2.05. The van der Waals surface area contributed by atoms with E-state index in [2.05, 4.69) is 25.1 Å². The van der Waals surface area contributed by atoms with E-state index >= 15 is 0 Å². The zero-order chi connectivity index (χ0) is 13.8. The van der Waals surface area contributed by atoms with Crippen molar-refractivity contribution in [1.29, 1.82) is 0 Å². The molecular weight excluding hydrogens is 274 g/mol. The maximum atomic E-state index is 5.26. The van der Waals surface area contributed by atoms with Gasteiger partial charge in [0.15, 0.2) is 10.6 Å². The van der Waals surface area contributed by atoms with E-state index in [0.717, 1.165) is 19.5 Å². The van der Waals surface area contributed by atoms with Crippen LogP contribution in [0.4, 0.5) is 0 Å². The number of hydrogen-bond donors (Lipinski definition) is 1. The summed E-state index contributed by atoms with van der Waals surface area (Å²) < 4.78 is 4.57. The molecule has 0 saturated heterocycles. The van der Waals surface area contributed by atoms with E-state index in [9.17, 15) is 0 Å². The zero-order valence-corrected chi connectivity index (χ0v) is 11.5. The third-order valence-electron chi connectivity index (χ3n) is 2.91. The predicted octanol–water partition coefficient (Wildman–Crippen LogP) is 1.68. The number of imidazole rings is 1. The second-order valence-electron chi connectivity index (χ2n) is 4.25. The standard InChI is InChI=1S/C12H13N7S/c20-12-17-16-11(10-8-13-2-3-15-10)19(12)6-1-5-18-7-4-14-9-18/h2-4,7-9H,1,5-6H2,(H,17,20). The van der Waals surface area contributed by atoms with Crippen LogP contribution < -0.4 is 0 Å². The maximum Gasteiger partial charge on any atom is 0.195 e. The average molecular weight is 287 g/mol. The van der Waals surface area contributed by atoms with Crippen LogP contribution in [0.5, 0.6) is 0 Å². The fraction of sp³-hybridized carbons (Fsp3) is 0.250. The van der Waals surface area contributed by atoms with Gasteiger partial charge in [0, 0.05) is 37.9 Å². The molecule has 0 saturated carbocycles. The van der Waals surface area contributed by atoms with E-state index < -0.39 is 0 Å². The van der Waals surface area contributed by atoms with E-state index in [4.69, 9.17) is 12.2 Å². The van der Waals surface area contributed by atoms with Crippen LogP contribution in [0.3, 0.4) is 0 Å². The molecule has 0 radical (unpaired) electrons. The van der Waals surface area contributed by atoms with Crippen molar-refractivity contribution >= 4 is 12.2 Å². The second kappa shape index (κ2) is 5.74. The third-order valence-corrected chi connectivity index (χ3v) is 3.22. The van der Waals surface area contributed by atoms with Crippen LogP contribution >= 0.6 is 12.2 Å². The van der Waals surface area contributed by atoms with Gasteiger partial charge in [-0.1, -0.05) is 0 Å². The Kier molecular flexibility index (Phi) is 3.64. The molecule has 3 heterocycles. The van der Waals surface area contributed by atoms with Gasteiger partial charge in [-0.2, -0.15) is 5.10 Å². The molecule has 20 heavy (non-hydrogen) atoms. The summed E-state index contributed by atoms with van der Waals surface area (Å²) in [6.07, 6.45) is 11.4. The first-order chi connectivity index (χ1) is 9.84.